The molecule has 3 aromatic rings. The largest absolute Gasteiger partial charge is 0.241 e. The van der Waals surface area contributed by atoms with Crippen LogP contribution in [0.2, 0.25) is 0 Å². The van der Waals surface area contributed by atoms with E-state index in [1.807, 2.05) is 0 Å². The molecule has 0 aliphatic rings. The first-order chi connectivity index (χ1) is 11.9. The van der Waals surface area contributed by atoms with E-state index in [9.17, 15) is 13.2 Å². The van der Waals surface area contributed by atoms with E-state index in [2.05, 4.69) is 0 Å². The van der Waals surface area contributed by atoms with Crippen LogP contribution in [0.15, 0.2) is 54.6 Å². The van der Waals surface area contributed by atoms with Crippen molar-refractivity contribution in [1.29, 1.82) is 0 Å². The van der Waals surface area contributed by atoms with E-state index in [1.165, 1.54) is 18.2 Å². The zero-order valence-corrected chi connectivity index (χ0v) is 14.4. The van der Waals surface area contributed by atoms with E-state index in [0.717, 1.165) is 0 Å². The Hall–Kier alpha value is -2.49. The lowest BCUT2D eigenvalue weighted by atomic mass is 9.36. The fourth-order valence-corrected chi connectivity index (χ4v) is 2.94. The van der Waals surface area contributed by atoms with Gasteiger partial charge in [-0.2, -0.15) is 0 Å². The van der Waals surface area contributed by atoms with Crippen molar-refractivity contribution in [3.8, 4) is 0 Å². The molecule has 0 aromatic heterocycles. The molecule has 4 heteroatoms. The first-order valence-electron chi connectivity index (χ1n) is 8.15. The number of aryl methyl sites for hydroxylation is 3. The summed E-state index contributed by atoms with van der Waals surface area (Å²) in [5, 5.41) is 0. The molecule has 3 rings (SSSR count). The molecule has 0 aliphatic carbocycles. The molecule has 3 aromatic carbocycles. The molecule has 0 saturated heterocycles. The molecule has 0 spiro atoms. The summed E-state index contributed by atoms with van der Waals surface area (Å²) in [4.78, 5) is 0. The molecular formula is C21H18BF3. The molecule has 0 amide bonds. The van der Waals surface area contributed by atoms with Crippen molar-refractivity contribution < 1.29 is 13.2 Å². The van der Waals surface area contributed by atoms with E-state index in [-0.39, 0.29) is 17.5 Å². The fraction of sp³-hybridized carbons (Fsp3) is 0.143. The van der Waals surface area contributed by atoms with Crippen LogP contribution < -0.4 is 16.4 Å². The highest BCUT2D eigenvalue weighted by Crippen LogP contribution is 2.09. The van der Waals surface area contributed by atoms with Gasteiger partial charge in [0.15, 0.2) is 0 Å². The maximum absolute atomic E-state index is 14.1. The normalized spacial score (nSPS) is 10.8. The minimum Gasteiger partial charge on any atom is -0.207 e. The van der Waals surface area contributed by atoms with Gasteiger partial charge in [0.05, 0.1) is 0 Å². The van der Waals surface area contributed by atoms with E-state index >= 15 is 0 Å². The second kappa shape index (κ2) is 6.79. The lowest BCUT2D eigenvalue weighted by Gasteiger charge is -2.17. The quantitative estimate of drug-likeness (QED) is 0.641. The van der Waals surface area contributed by atoms with Gasteiger partial charge in [-0.15, -0.1) is 0 Å². The monoisotopic (exact) mass is 338 g/mol. The number of hydrogen-bond acceptors (Lipinski definition) is 0. The number of hydrogen-bond donors (Lipinski definition) is 0. The van der Waals surface area contributed by atoms with Crippen LogP contribution in [-0.4, -0.2) is 6.71 Å². The third-order valence-corrected chi connectivity index (χ3v) is 4.59. The molecule has 0 bridgehead atoms. The third kappa shape index (κ3) is 3.48. The van der Waals surface area contributed by atoms with Crippen molar-refractivity contribution in [3.05, 3.63) is 88.7 Å². The first kappa shape index (κ1) is 17.3. The first-order valence-corrected chi connectivity index (χ1v) is 8.15. The number of rotatable bonds is 3. The average Bonchev–Trinajstić information content (AvgIpc) is 2.57. The second-order valence-corrected chi connectivity index (χ2v) is 6.46. The van der Waals surface area contributed by atoms with E-state index in [0.29, 0.717) is 33.1 Å². The molecule has 0 unspecified atom stereocenters. The molecule has 0 atom stereocenters. The summed E-state index contributed by atoms with van der Waals surface area (Å²) in [6, 6.07) is 14.8. The second-order valence-electron chi connectivity index (χ2n) is 6.46. The van der Waals surface area contributed by atoms with Gasteiger partial charge in [-0.1, -0.05) is 52.8 Å². The Bertz CT molecular complexity index is 812. The smallest absolute Gasteiger partial charge is 0.207 e. The molecule has 0 fully saturated rings. The summed E-state index contributed by atoms with van der Waals surface area (Å²) in [5.74, 6) is -0.993. The summed E-state index contributed by atoms with van der Waals surface area (Å²) in [7, 11) is 0. The highest BCUT2D eigenvalue weighted by Gasteiger charge is 2.24. The maximum Gasteiger partial charge on any atom is 0.241 e. The predicted octanol–water partition coefficient (Wildman–Crippen LogP) is 3.55. The molecular weight excluding hydrogens is 320 g/mol. The molecule has 0 radical (unpaired) electrons. The number of benzene rings is 3. The summed E-state index contributed by atoms with van der Waals surface area (Å²) < 4.78 is 42.3. The van der Waals surface area contributed by atoms with Crippen molar-refractivity contribution in [3.63, 3.8) is 0 Å². The molecule has 0 nitrogen and oxygen atoms in total. The minimum absolute atomic E-state index is 0.331. The summed E-state index contributed by atoms with van der Waals surface area (Å²) in [6.45, 7) is 4.61. The summed E-state index contributed by atoms with van der Waals surface area (Å²) >= 11 is 0. The molecule has 0 N–H and O–H groups in total. The Kier molecular flexibility index (Phi) is 4.71. The average molecular weight is 338 g/mol. The van der Waals surface area contributed by atoms with Crippen LogP contribution in [-0.2, 0) is 0 Å². The third-order valence-electron chi connectivity index (χ3n) is 4.59. The van der Waals surface area contributed by atoms with Gasteiger partial charge < -0.3 is 0 Å². The lowest BCUT2D eigenvalue weighted by Crippen LogP contribution is -2.52. The fourth-order valence-electron chi connectivity index (χ4n) is 2.94. The van der Waals surface area contributed by atoms with Crippen LogP contribution in [0, 0.1) is 38.2 Å². The van der Waals surface area contributed by atoms with Crippen LogP contribution >= 0.6 is 0 Å². The van der Waals surface area contributed by atoms with Gasteiger partial charge in [0.25, 0.3) is 0 Å². The SMILES string of the molecule is Cc1ccc(B(c2ccc(C)c(F)c2)c2ccc(C)c(F)c2)cc1F. The van der Waals surface area contributed by atoms with Gasteiger partial charge in [0.2, 0.25) is 6.71 Å². The Morgan fingerprint density at radius 2 is 0.800 bits per heavy atom. The maximum atomic E-state index is 14.1. The molecule has 126 valence electrons. The number of halogens is 3. The van der Waals surface area contributed by atoms with Crippen LogP contribution in [0.25, 0.3) is 0 Å². The van der Waals surface area contributed by atoms with Gasteiger partial charge in [0, 0.05) is 0 Å². The van der Waals surface area contributed by atoms with Crippen molar-refractivity contribution in [1.82, 2.24) is 0 Å². The van der Waals surface area contributed by atoms with Crippen molar-refractivity contribution >= 4 is 23.1 Å². The summed E-state index contributed by atoms with van der Waals surface area (Å²) in [6.07, 6.45) is 0. The molecule has 0 heterocycles. The topological polar surface area (TPSA) is 0 Å². The van der Waals surface area contributed by atoms with Gasteiger partial charge in [-0.3, -0.25) is 0 Å². The molecule has 0 saturated carbocycles. The zero-order chi connectivity index (χ0) is 18.1. The Balaban J connectivity index is 2.21. The van der Waals surface area contributed by atoms with Gasteiger partial charge in [0.1, 0.15) is 17.5 Å². The molecule has 25 heavy (non-hydrogen) atoms. The van der Waals surface area contributed by atoms with Crippen LogP contribution in [0.3, 0.4) is 0 Å². The predicted molar refractivity (Wildman–Crippen MR) is 98.1 cm³/mol. The zero-order valence-electron chi connectivity index (χ0n) is 14.4. The standard InChI is InChI=1S/C21H18BF3/c1-13-4-7-16(10-19(13)23)22(17-8-5-14(2)20(24)11-17)18-9-6-15(3)21(25)12-18/h4-12H,1-3H3. The van der Waals surface area contributed by atoms with Gasteiger partial charge >= 0.3 is 0 Å². The van der Waals surface area contributed by atoms with Crippen molar-refractivity contribution in [2.24, 2.45) is 0 Å². The van der Waals surface area contributed by atoms with Crippen molar-refractivity contribution in [2.75, 3.05) is 0 Å². The Labute approximate surface area is 146 Å². The van der Waals surface area contributed by atoms with Crippen LogP contribution in [0.5, 0.6) is 0 Å². The Morgan fingerprint density at radius 3 is 1.04 bits per heavy atom. The summed E-state index contributed by atoms with van der Waals surface area (Å²) in [5.41, 5.74) is 3.59. The van der Waals surface area contributed by atoms with E-state index in [1.54, 1.807) is 57.2 Å². The van der Waals surface area contributed by atoms with Gasteiger partial charge in [-0.25, -0.2) is 13.2 Å². The van der Waals surface area contributed by atoms with Crippen molar-refractivity contribution in [2.45, 2.75) is 20.8 Å². The van der Waals surface area contributed by atoms with Crippen LogP contribution in [0.1, 0.15) is 16.7 Å². The highest BCUT2D eigenvalue weighted by molar-refractivity contribution is 6.95. The van der Waals surface area contributed by atoms with E-state index in [4.69, 9.17) is 0 Å². The Morgan fingerprint density at radius 1 is 0.520 bits per heavy atom. The lowest BCUT2D eigenvalue weighted by molar-refractivity contribution is 0.619. The van der Waals surface area contributed by atoms with Crippen LogP contribution in [0.4, 0.5) is 13.2 Å². The highest BCUT2D eigenvalue weighted by atomic mass is 19.1. The van der Waals surface area contributed by atoms with E-state index < -0.39 is 6.71 Å². The molecule has 0 aliphatic heterocycles. The van der Waals surface area contributed by atoms with Gasteiger partial charge in [-0.05, 0) is 55.7 Å². The minimum atomic E-state index is -0.444.